The van der Waals surface area contributed by atoms with Gasteiger partial charge in [0.2, 0.25) is 5.91 Å². The Morgan fingerprint density at radius 1 is 1.10 bits per heavy atom. The number of anilines is 2. The molecule has 0 aliphatic carbocycles. The third-order valence-electron chi connectivity index (χ3n) is 7.30. The van der Waals surface area contributed by atoms with Gasteiger partial charge >= 0.3 is 0 Å². The number of piperidine rings is 1. The van der Waals surface area contributed by atoms with Crippen LogP contribution in [0, 0.1) is 5.92 Å². The molecule has 2 amide bonds. The minimum atomic E-state index is 0.0270. The number of aromatic nitrogens is 1. The van der Waals surface area contributed by atoms with Crippen molar-refractivity contribution >= 4 is 23.3 Å². The first-order valence-electron chi connectivity index (χ1n) is 11.8. The van der Waals surface area contributed by atoms with E-state index in [2.05, 4.69) is 15.2 Å². The molecule has 0 saturated carbocycles. The van der Waals surface area contributed by atoms with Gasteiger partial charge in [0.1, 0.15) is 5.82 Å². The van der Waals surface area contributed by atoms with Gasteiger partial charge in [0.05, 0.1) is 17.8 Å². The molecule has 1 aromatic rings. The molecule has 0 spiro atoms. The normalized spacial score (nSPS) is 23.7. The van der Waals surface area contributed by atoms with Crippen LogP contribution in [0.3, 0.4) is 0 Å². The summed E-state index contributed by atoms with van der Waals surface area (Å²) >= 11 is 0. The second-order valence-electron chi connectivity index (χ2n) is 9.27. The quantitative estimate of drug-likeness (QED) is 0.792. The van der Waals surface area contributed by atoms with Crippen molar-refractivity contribution in [1.29, 1.82) is 0 Å². The van der Waals surface area contributed by atoms with E-state index in [1.54, 1.807) is 6.20 Å². The van der Waals surface area contributed by atoms with Crippen molar-refractivity contribution < 1.29 is 14.3 Å². The highest BCUT2D eigenvalue weighted by atomic mass is 16.5. The Morgan fingerprint density at radius 3 is 2.58 bits per heavy atom. The van der Waals surface area contributed by atoms with Crippen LogP contribution in [0.4, 0.5) is 11.5 Å². The fourth-order valence-corrected chi connectivity index (χ4v) is 5.41. The molecule has 3 fully saturated rings. The summed E-state index contributed by atoms with van der Waals surface area (Å²) in [5.74, 6) is 1.18. The van der Waals surface area contributed by atoms with E-state index < -0.39 is 0 Å². The number of fused-ring (bicyclic) bond motifs is 1. The highest BCUT2D eigenvalue weighted by Crippen LogP contribution is 2.31. The average molecular weight is 428 g/mol. The van der Waals surface area contributed by atoms with Crippen molar-refractivity contribution in [3.8, 4) is 0 Å². The fourth-order valence-electron chi connectivity index (χ4n) is 5.41. The molecule has 5 rings (SSSR count). The van der Waals surface area contributed by atoms with E-state index in [0.29, 0.717) is 29.9 Å². The Bertz CT molecular complexity index is 811. The second-order valence-corrected chi connectivity index (χ2v) is 9.27. The van der Waals surface area contributed by atoms with Crippen molar-refractivity contribution in [2.75, 3.05) is 62.7 Å². The minimum Gasteiger partial charge on any atom is -0.381 e. The maximum Gasteiger partial charge on any atom is 0.255 e. The number of nitrogens with zero attached hydrogens (tertiary/aromatic N) is 4. The molecule has 1 N–H and O–H groups in total. The molecule has 8 nitrogen and oxygen atoms in total. The summed E-state index contributed by atoms with van der Waals surface area (Å²) in [7, 11) is 0. The van der Waals surface area contributed by atoms with E-state index in [1.807, 2.05) is 15.9 Å². The number of ether oxygens (including phenoxy) is 1. The summed E-state index contributed by atoms with van der Waals surface area (Å²) in [4.78, 5) is 36.8. The van der Waals surface area contributed by atoms with Gasteiger partial charge in [-0.05, 0) is 63.6 Å². The lowest BCUT2D eigenvalue weighted by molar-refractivity contribution is -0.117. The molecule has 0 atom stereocenters. The Kier molecular flexibility index (Phi) is 6.09. The van der Waals surface area contributed by atoms with Crippen LogP contribution in [0.5, 0.6) is 0 Å². The number of hydrogen-bond acceptors (Lipinski definition) is 6. The first-order valence-corrected chi connectivity index (χ1v) is 11.8. The molecule has 3 saturated heterocycles. The predicted octanol–water partition coefficient (Wildman–Crippen LogP) is 1.97. The first kappa shape index (κ1) is 20.7. The summed E-state index contributed by atoms with van der Waals surface area (Å²) in [6, 6.07) is 2.48. The number of carbonyl (C=O) groups is 2. The average Bonchev–Trinajstić information content (AvgIpc) is 3.36. The molecular formula is C23H33N5O3. The van der Waals surface area contributed by atoms with Crippen LogP contribution in [-0.4, -0.2) is 85.1 Å². The molecule has 0 bridgehead atoms. The van der Waals surface area contributed by atoms with E-state index in [-0.39, 0.29) is 18.4 Å². The Labute approximate surface area is 183 Å². The SMILES string of the molecule is O=C(c1cnc2c(c1)N(CC1CCOCC1)C(=O)CN2)N1CCC(N2CCCC2)CC1. The van der Waals surface area contributed by atoms with Crippen LogP contribution in [0.25, 0.3) is 0 Å². The smallest absolute Gasteiger partial charge is 0.255 e. The van der Waals surface area contributed by atoms with Gasteiger partial charge in [0.15, 0.2) is 0 Å². The molecule has 31 heavy (non-hydrogen) atoms. The van der Waals surface area contributed by atoms with Crippen molar-refractivity contribution in [2.24, 2.45) is 5.92 Å². The standard InChI is InChI=1S/C23H33N5O3/c29-21-15-25-22-20(28(21)16-17-5-11-31-12-6-17)13-18(14-24-22)23(30)27-9-3-19(4-10-27)26-7-1-2-8-26/h13-14,17,19H,1-12,15-16H2,(H,24,25). The van der Waals surface area contributed by atoms with Crippen molar-refractivity contribution in [3.63, 3.8) is 0 Å². The second kappa shape index (κ2) is 9.12. The van der Waals surface area contributed by atoms with Crippen LogP contribution >= 0.6 is 0 Å². The molecule has 4 aliphatic heterocycles. The zero-order chi connectivity index (χ0) is 21.2. The van der Waals surface area contributed by atoms with E-state index in [1.165, 1.54) is 25.9 Å². The molecule has 0 unspecified atom stereocenters. The highest BCUT2D eigenvalue weighted by molar-refractivity contribution is 6.04. The van der Waals surface area contributed by atoms with Gasteiger partial charge in [0.25, 0.3) is 5.91 Å². The Balaban J connectivity index is 1.28. The number of pyridine rings is 1. The molecule has 168 valence electrons. The molecule has 0 aromatic carbocycles. The highest BCUT2D eigenvalue weighted by Gasteiger charge is 2.31. The predicted molar refractivity (Wildman–Crippen MR) is 118 cm³/mol. The maximum atomic E-state index is 13.2. The van der Waals surface area contributed by atoms with E-state index in [4.69, 9.17) is 4.74 Å². The van der Waals surface area contributed by atoms with Crippen molar-refractivity contribution in [1.82, 2.24) is 14.8 Å². The van der Waals surface area contributed by atoms with Crippen molar-refractivity contribution in [3.05, 3.63) is 17.8 Å². The molecule has 4 aliphatic rings. The lowest BCUT2D eigenvalue weighted by Gasteiger charge is -2.37. The lowest BCUT2D eigenvalue weighted by atomic mass is 9.99. The third-order valence-corrected chi connectivity index (χ3v) is 7.30. The van der Waals surface area contributed by atoms with Gasteiger partial charge in [-0.3, -0.25) is 9.59 Å². The van der Waals surface area contributed by atoms with Crippen LogP contribution in [0.2, 0.25) is 0 Å². The van der Waals surface area contributed by atoms with Gasteiger partial charge in [-0.15, -0.1) is 0 Å². The summed E-state index contributed by atoms with van der Waals surface area (Å²) in [6.07, 6.45) is 8.27. The number of amides is 2. The summed E-state index contributed by atoms with van der Waals surface area (Å²) in [6.45, 7) is 6.41. The van der Waals surface area contributed by atoms with Crippen molar-refractivity contribution in [2.45, 2.75) is 44.6 Å². The van der Waals surface area contributed by atoms with E-state index in [9.17, 15) is 9.59 Å². The zero-order valence-corrected chi connectivity index (χ0v) is 18.2. The largest absolute Gasteiger partial charge is 0.381 e. The summed E-state index contributed by atoms with van der Waals surface area (Å²) in [5.41, 5.74) is 1.31. The van der Waals surface area contributed by atoms with Crippen LogP contribution in [-0.2, 0) is 9.53 Å². The maximum absolute atomic E-state index is 13.2. The monoisotopic (exact) mass is 427 g/mol. The lowest BCUT2D eigenvalue weighted by Crippen LogP contribution is -2.46. The van der Waals surface area contributed by atoms with Gasteiger partial charge < -0.3 is 24.8 Å². The molecule has 5 heterocycles. The summed E-state index contributed by atoms with van der Waals surface area (Å²) < 4.78 is 5.46. The van der Waals surface area contributed by atoms with Crippen LogP contribution in [0.1, 0.15) is 48.9 Å². The molecule has 0 radical (unpaired) electrons. The number of hydrogen-bond donors (Lipinski definition) is 1. The fraction of sp³-hybridized carbons (Fsp3) is 0.696. The summed E-state index contributed by atoms with van der Waals surface area (Å²) in [5, 5.41) is 3.10. The van der Waals surface area contributed by atoms with Gasteiger partial charge in [-0.2, -0.15) is 0 Å². The van der Waals surface area contributed by atoms with Gasteiger partial charge in [-0.1, -0.05) is 0 Å². The Hall–Kier alpha value is -2.19. The minimum absolute atomic E-state index is 0.0270. The van der Waals surface area contributed by atoms with Crippen LogP contribution in [0.15, 0.2) is 12.3 Å². The molecular weight excluding hydrogens is 394 g/mol. The third kappa shape index (κ3) is 4.41. The molecule has 8 heteroatoms. The topological polar surface area (TPSA) is 78.0 Å². The number of carbonyl (C=O) groups excluding carboxylic acids is 2. The number of nitrogens with one attached hydrogen (secondary N) is 1. The zero-order valence-electron chi connectivity index (χ0n) is 18.2. The number of likely N-dealkylation sites (tertiary alicyclic amines) is 2. The van der Waals surface area contributed by atoms with E-state index >= 15 is 0 Å². The first-order chi connectivity index (χ1) is 15.2. The van der Waals surface area contributed by atoms with Crippen LogP contribution < -0.4 is 10.2 Å². The van der Waals surface area contributed by atoms with E-state index in [0.717, 1.165) is 57.7 Å². The van der Waals surface area contributed by atoms with Gasteiger partial charge in [0, 0.05) is 45.1 Å². The number of rotatable bonds is 4. The Morgan fingerprint density at radius 2 is 1.84 bits per heavy atom. The van der Waals surface area contributed by atoms with Gasteiger partial charge in [-0.25, -0.2) is 4.98 Å². The molecule has 1 aromatic heterocycles.